The highest BCUT2D eigenvalue weighted by atomic mass is 32.2. The van der Waals surface area contributed by atoms with Crippen LogP contribution in [-0.2, 0) is 0 Å². The molecule has 56 valence electrons. The minimum atomic E-state index is 0.628. The van der Waals surface area contributed by atoms with Crippen molar-refractivity contribution in [3.8, 4) is 6.07 Å². The molecule has 0 saturated carbocycles. The Morgan fingerprint density at radius 1 is 1.64 bits per heavy atom. The van der Waals surface area contributed by atoms with Gasteiger partial charge in [0.25, 0.3) is 0 Å². The van der Waals surface area contributed by atoms with Gasteiger partial charge < -0.3 is 0 Å². The quantitative estimate of drug-likeness (QED) is 0.628. The van der Waals surface area contributed by atoms with Gasteiger partial charge in [-0.05, 0) is 11.8 Å². The van der Waals surface area contributed by atoms with Gasteiger partial charge in [-0.2, -0.15) is 5.26 Å². The summed E-state index contributed by atoms with van der Waals surface area (Å²) in [5, 5.41) is 8.53. The van der Waals surface area contributed by atoms with E-state index in [2.05, 4.69) is 11.9 Å². The average molecular weight is 164 g/mol. The van der Waals surface area contributed by atoms with Crippen LogP contribution in [0.2, 0.25) is 0 Å². The molecule has 0 aliphatic carbocycles. The second kappa shape index (κ2) is 3.99. The van der Waals surface area contributed by atoms with Crippen LogP contribution in [0.15, 0.2) is 23.4 Å². The maximum Gasteiger partial charge on any atom is 0.101 e. The number of thioether (sulfide) groups is 1. The van der Waals surface area contributed by atoms with Crippen LogP contribution in [0.25, 0.3) is 0 Å². The molecule has 2 nitrogen and oxygen atoms in total. The molecule has 0 aromatic carbocycles. The van der Waals surface area contributed by atoms with Gasteiger partial charge >= 0.3 is 0 Å². The number of nitriles is 1. The average Bonchev–Trinajstić information content (AvgIpc) is 2.06. The van der Waals surface area contributed by atoms with E-state index in [0.29, 0.717) is 5.56 Å². The third-order valence-corrected chi connectivity index (χ3v) is 2.00. The molecule has 0 atom stereocenters. The molecule has 0 amide bonds. The van der Waals surface area contributed by atoms with E-state index in [1.807, 2.05) is 12.1 Å². The maximum atomic E-state index is 8.53. The van der Waals surface area contributed by atoms with Crippen molar-refractivity contribution in [2.45, 2.75) is 11.8 Å². The Hall–Kier alpha value is -1.01. The first-order chi connectivity index (χ1) is 5.36. The van der Waals surface area contributed by atoms with Crippen molar-refractivity contribution in [1.29, 1.82) is 5.26 Å². The minimum Gasteiger partial charge on any atom is -0.262 e. The standard InChI is InChI=1S/C8H8N2S/c1-2-11-8-3-7(4-9)5-10-6-8/h3,5-6H,2H2,1H3. The lowest BCUT2D eigenvalue weighted by Crippen LogP contribution is -1.79. The van der Waals surface area contributed by atoms with Crippen molar-refractivity contribution < 1.29 is 0 Å². The van der Waals surface area contributed by atoms with E-state index in [9.17, 15) is 0 Å². The van der Waals surface area contributed by atoms with E-state index in [4.69, 9.17) is 5.26 Å². The molecule has 0 fully saturated rings. The fraction of sp³-hybridized carbons (Fsp3) is 0.250. The van der Waals surface area contributed by atoms with Crippen molar-refractivity contribution in [3.05, 3.63) is 24.0 Å². The van der Waals surface area contributed by atoms with Crippen LogP contribution >= 0.6 is 11.8 Å². The Morgan fingerprint density at radius 2 is 2.45 bits per heavy atom. The molecule has 0 radical (unpaired) electrons. The van der Waals surface area contributed by atoms with E-state index < -0.39 is 0 Å². The molecule has 0 unspecified atom stereocenters. The zero-order valence-corrected chi connectivity index (χ0v) is 7.06. The van der Waals surface area contributed by atoms with Gasteiger partial charge in [0.15, 0.2) is 0 Å². The summed E-state index contributed by atoms with van der Waals surface area (Å²) in [4.78, 5) is 4.99. The summed E-state index contributed by atoms with van der Waals surface area (Å²) in [5.41, 5.74) is 0.628. The summed E-state index contributed by atoms with van der Waals surface area (Å²) in [7, 11) is 0. The largest absolute Gasteiger partial charge is 0.262 e. The van der Waals surface area contributed by atoms with Crippen LogP contribution in [0.3, 0.4) is 0 Å². The van der Waals surface area contributed by atoms with Gasteiger partial charge in [-0.1, -0.05) is 6.92 Å². The number of rotatable bonds is 2. The molecule has 0 saturated heterocycles. The molecule has 0 aliphatic heterocycles. The summed E-state index contributed by atoms with van der Waals surface area (Å²) in [5.74, 6) is 1.01. The molecular weight excluding hydrogens is 156 g/mol. The fourth-order valence-electron chi connectivity index (χ4n) is 0.726. The lowest BCUT2D eigenvalue weighted by molar-refractivity contribution is 1.21. The lowest BCUT2D eigenvalue weighted by Gasteiger charge is -1.95. The first-order valence-electron chi connectivity index (χ1n) is 3.34. The molecule has 0 N–H and O–H groups in total. The van der Waals surface area contributed by atoms with Crippen molar-refractivity contribution in [2.24, 2.45) is 0 Å². The Kier molecular flexibility index (Phi) is 2.94. The first kappa shape index (κ1) is 8.09. The SMILES string of the molecule is CCSc1cncc(C#N)c1. The predicted octanol–water partition coefficient (Wildman–Crippen LogP) is 2.07. The molecule has 1 rings (SSSR count). The van der Waals surface area contributed by atoms with Crippen LogP contribution < -0.4 is 0 Å². The number of aromatic nitrogens is 1. The summed E-state index contributed by atoms with van der Waals surface area (Å²) in [6, 6.07) is 3.90. The summed E-state index contributed by atoms with van der Waals surface area (Å²) in [6.07, 6.45) is 3.34. The van der Waals surface area contributed by atoms with Crippen LogP contribution in [0, 0.1) is 11.3 Å². The lowest BCUT2D eigenvalue weighted by atomic mass is 10.3. The van der Waals surface area contributed by atoms with E-state index in [1.54, 1.807) is 24.2 Å². The van der Waals surface area contributed by atoms with Crippen molar-refractivity contribution in [2.75, 3.05) is 5.75 Å². The summed E-state index contributed by atoms with van der Waals surface area (Å²) < 4.78 is 0. The van der Waals surface area contributed by atoms with Gasteiger partial charge in [-0.3, -0.25) is 4.98 Å². The Morgan fingerprint density at radius 3 is 3.09 bits per heavy atom. The summed E-state index contributed by atoms with van der Waals surface area (Å²) in [6.45, 7) is 2.07. The number of hydrogen-bond donors (Lipinski definition) is 0. The molecule has 1 aromatic heterocycles. The predicted molar refractivity (Wildman–Crippen MR) is 45.4 cm³/mol. The van der Waals surface area contributed by atoms with E-state index >= 15 is 0 Å². The zero-order valence-electron chi connectivity index (χ0n) is 6.24. The molecule has 0 bridgehead atoms. The Labute approximate surface area is 70.3 Å². The van der Waals surface area contributed by atoms with Gasteiger partial charge in [0.05, 0.1) is 5.56 Å². The number of pyridine rings is 1. The van der Waals surface area contributed by atoms with Gasteiger partial charge in [0.1, 0.15) is 6.07 Å². The number of hydrogen-bond acceptors (Lipinski definition) is 3. The highest BCUT2D eigenvalue weighted by Gasteiger charge is 1.93. The Bertz CT molecular complexity index is 278. The zero-order chi connectivity index (χ0) is 8.10. The van der Waals surface area contributed by atoms with Crippen molar-refractivity contribution >= 4 is 11.8 Å². The smallest absolute Gasteiger partial charge is 0.101 e. The van der Waals surface area contributed by atoms with E-state index in [0.717, 1.165) is 10.6 Å². The van der Waals surface area contributed by atoms with E-state index in [-0.39, 0.29) is 0 Å². The van der Waals surface area contributed by atoms with Crippen LogP contribution in [0.1, 0.15) is 12.5 Å². The maximum absolute atomic E-state index is 8.53. The third-order valence-electron chi connectivity index (χ3n) is 1.15. The van der Waals surface area contributed by atoms with E-state index in [1.165, 1.54) is 0 Å². The van der Waals surface area contributed by atoms with Crippen molar-refractivity contribution in [3.63, 3.8) is 0 Å². The third kappa shape index (κ3) is 2.24. The highest BCUT2D eigenvalue weighted by Crippen LogP contribution is 2.16. The second-order valence-corrected chi connectivity index (χ2v) is 3.29. The van der Waals surface area contributed by atoms with Crippen LogP contribution in [0.5, 0.6) is 0 Å². The summed E-state index contributed by atoms with van der Waals surface area (Å²) >= 11 is 1.69. The van der Waals surface area contributed by atoms with Gasteiger partial charge in [-0.25, -0.2) is 0 Å². The topological polar surface area (TPSA) is 36.7 Å². The molecule has 1 aromatic rings. The second-order valence-electron chi connectivity index (χ2n) is 1.95. The molecule has 3 heteroatoms. The molecule has 0 spiro atoms. The van der Waals surface area contributed by atoms with Gasteiger partial charge in [-0.15, -0.1) is 11.8 Å². The van der Waals surface area contributed by atoms with Crippen molar-refractivity contribution in [1.82, 2.24) is 4.98 Å². The minimum absolute atomic E-state index is 0.628. The molecule has 11 heavy (non-hydrogen) atoms. The normalized spacial score (nSPS) is 9.09. The molecule has 1 heterocycles. The molecule has 0 aliphatic rings. The number of nitrogens with zero attached hydrogens (tertiary/aromatic N) is 2. The van der Waals surface area contributed by atoms with Gasteiger partial charge in [0, 0.05) is 17.3 Å². The Balaban J connectivity index is 2.85. The highest BCUT2D eigenvalue weighted by molar-refractivity contribution is 7.99. The van der Waals surface area contributed by atoms with Crippen LogP contribution in [-0.4, -0.2) is 10.7 Å². The molecular formula is C8H8N2S. The fourth-order valence-corrected chi connectivity index (χ4v) is 1.40. The monoisotopic (exact) mass is 164 g/mol. The first-order valence-corrected chi connectivity index (χ1v) is 4.33. The van der Waals surface area contributed by atoms with Crippen LogP contribution in [0.4, 0.5) is 0 Å². The van der Waals surface area contributed by atoms with Gasteiger partial charge in [0.2, 0.25) is 0 Å².